The van der Waals surface area contributed by atoms with Gasteiger partial charge >= 0.3 is 0 Å². The molecule has 0 saturated heterocycles. The normalized spacial score (nSPS) is 15.0. The second kappa shape index (κ2) is 13.9. The van der Waals surface area contributed by atoms with Crippen LogP contribution in [0, 0.1) is 0 Å². The standard InChI is InChI=1S/C66H48O/c1-65(2)56-24-11-9-19-49(56)51-33-31-43(37-58(51)65)61(40-29-27-39(28-30-40)45-21-13-22-48-46-17-7-5-15-41(46)35-54(45)48)53-23-14-26-60-63(53)55-36-42-16-6-8-18-47(42)62(64(55)67-60)44-32-34-52-50-20-10-12-25-57(50)66(3,4)59(52)38-44/h5-34,36-38,61H,35H2,1-4H3. The largest absolute Gasteiger partial charge is 0.455 e. The highest BCUT2D eigenvalue weighted by molar-refractivity contribution is 6.19. The molecule has 0 fully saturated rings. The zero-order valence-corrected chi connectivity index (χ0v) is 38.2. The van der Waals surface area contributed by atoms with Gasteiger partial charge < -0.3 is 4.42 Å². The first-order chi connectivity index (χ1) is 32.7. The maximum absolute atomic E-state index is 7.24. The quantitative estimate of drug-likeness (QED) is 0.157. The Balaban J connectivity index is 0.981. The van der Waals surface area contributed by atoms with E-state index in [2.05, 4.69) is 228 Å². The highest BCUT2D eigenvalue weighted by Crippen LogP contribution is 2.53. The van der Waals surface area contributed by atoms with Crippen LogP contribution in [0.25, 0.3) is 88.3 Å². The molecular weight excluding hydrogens is 809 g/mol. The fourth-order valence-electron chi connectivity index (χ4n) is 12.8. The van der Waals surface area contributed by atoms with E-state index in [4.69, 9.17) is 4.42 Å². The van der Waals surface area contributed by atoms with Crippen LogP contribution in [0.4, 0.5) is 0 Å². The van der Waals surface area contributed by atoms with Crippen molar-refractivity contribution in [2.24, 2.45) is 0 Å². The van der Waals surface area contributed by atoms with Crippen LogP contribution in [-0.4, -0.2) is 0 Å². The number of hydrogen-bond acceptors (Lipinski definition) is 1. The molecule has 0 aliphatic heterocycles. The second-order valence-corrected chi connectivity index (χ2v) is 20.3. The van der Waals surface area contributed by atoms with Crippen molar-refractivity contribution in [3.8, 4) is 55.6 Å². The van der Waals surface area contributed by atoms with E-state index in [0.717, 1.165) is 28.5 Å². The van der Waals surface area contributed by atoms with Gasteiger partial charge in [0.2, 0.25) is 0 Å². The average molecular weight is 857 g/mol. The summed E-state index contributed by atoms with van der Waals surface area (Å²) in [6.45, 7) is 9.50. The Labute approximate surface area is 392 Å². The third-order valence-electron chi connectivity index (χ3n) is 16.1. The summed E-state index contributed by atoms with van der Waals surface area (Å²) < 4.78 is 7.24. The molecule has 0 saturated carbocycles. The van der Waals surface area contributed by atoms with Crippen molar-refractivity contribution in [2.45, 2.75) is 50.9 Å². The number of hydrogen-bond donors (Lipinski definition) is 0. The molecule has 14 rings (SSSR count). The summed E-state index contributed by atoms with van der Waals surface area (Å²) in [5.74, 6) is -0.0664. The summed E-state index contributed by atoms with van der Waals surface area (Å²) in [7, 11) is 0. The molecule has 1 heterocycles. The Hall–Kier alpha value is -7.74. The Morgan fingerprint density at radius 2 is 1.00 bits per heavy atom. The van der Waals surface area contributed by atoms with Gasteiger partial charge in [0.25, 0.3) is 0 Å². The number of furan rings is 1. The van der Waals surface area contributed by atoms with Crippen LogP contribution in [0.15, 0.2) is 205 Å². The summed E-state index contributed by atoms with van der Waals surface area (Å²) >= 11 is 0. The van der Waals surface area contributed by atoms with Crippen LogP contribution in [-0.2, 0) is 17.3 Å². The van der Waals surface area contributed by atoms with E-state index in [-0.39, 0.29) is 16.7 Å². The van der Waals surface area contributed by atoms with Gasteiger partial charge in [-0.3, -0.25) is 0 Å². The van der Waals surface area contributed by atoms with Crippen LogP contribution < -0.4 is 0 Å². The lowest BCUT2D eigenvalue weighted by molar-refractivity contribution is 0.658. The molecule has 1 aromatic heterocycles. The minimum Gasteiger partial charge on any atom is -0.455 e. The SMILES string of the molecule is CC1(C)c2ccccc2-c2ccc(-c3c4ccccc4cc4c3oc3cccc(C(c5ccc(-c6cccc7c6Cc6ccccc6-7)cc5)c5ccc6c(c5)C(C)(C)c5ccccc5-6)c34)cc21. The van der Waals surface area contributed by atoms with E-state index < -0.39 is 0 Å². The molecule has 10 aromatic carbocycles. The van der Waals surface area contributed by atoms with Crippen molar-refractivity contribution in [3.63, 3.8) is 0 Å². The molecule has 1 heteroatoms. The molecule has 0 N–H and O–H groups in total. The van der Waals surface area contributed by atoms with E-state index in [0.29, 0.717) is 0 Å². The smallest absolute Gasteiger partial charge is 0.143 e. The van der Waals surface area contributed by atoms with E-state index >= 15 is 0 Å². The van der Waals surface area contributed by atoms with Gasteiger partial charge in [-0.05, 0) is 136 Å². The Bertz CT molecular complexity index is 3890. The van der Waals surface area contributed by atoms with Crippen LogP contribution in [0.5, 0.6) is 0 Å². The number of benzene rings is 10. The third-order valence-corrected chi connectivity index (χ3v) is 16.1. The highest BCUT2D eigenvalue weighted by Gasteiger charge is 2.38. The van der Waals surface area contributed by atoms with Gasteiger partial charge in [-0.25, -0.2) is 0 Å². The van der Waals surface area contributed by atoms with Gasteiger partial charge in [0, 0.05) is 33.1 Å². The van der Waals surface area contributed by atoms with Gasteiger partial charge in [0.1, 0.15) is 11.2 Å². The van der Waals surface area contributed by atoms with Gasteiger partial charge in [0.15, 0.2) is 0 Å². The summed E-state index contributed by atoms with van der Waals surface area (Å²) in [5.41, 5.74) is 26.7. The first-order valence-electron chi connectivity index (χ1n) is 23.9. The lowest BCUT2D eigenvalue weighted by Gasteiger charge is -2.25. The molecule has 0 radical (unpaired) electrons. The Morgan fingerprint density at radius 3 is 1.78 bits per heavy atom. The first kappa shape index (κ1) is 38.5. The van der Waals surface area contributed by atoms with Gasteiger partial charge in [-0.2, -0.15) is 0 Å². The monoisotopic (exact) mass is 856 g/mol. The van der Waals surface area contributed by atoms with E-state index in [9.17, 15) is 0 Å². The molecule has 1 atom stereocenters. The summed E-state index contributed by atoms with van der Waals surface area (Å²) in [4.78, 5) is 0. The molecule has 318 valence electrons. The molecule has 3 aliphatic rings. The minimum absolute atomic E-state index is 0.0664. The van der Waals surface area contributed by atoms with Gasteiger partial charge in [0.05, 0.1) is 0 Å². The lowest BCUT2D eigenvalue weighted by atomic mass is 9.78. The van der Waals surface area contributed by atoms with Gasteiger partial charge in [-0.15, -0.1) is 0 Å². The van der Waals surface area contributed by atoms with Crippen LogP contribution in [0.3, 0.4) is 0 Å². The third kappa shape index (κ3) is 5.43. The molecule has 67 heavy (non-hydrogen) atoms. The molecule has 0 spiro atoms. The van der Waals surface area contributed by atoms with Crippen molar-refractivity contribution < 1.29 is 4.42 Å². The maximum Gasteiger partial charge on any atom is 0.143 e. The highest BCUT2D eigenvalue weighted by atomic mass is 16.3. The van der Waals surface area contributed by atoms with E-state index in [1.54, 1.807) is 0 Å². The summed E-state index contributed by atoms with van der Waals surface area (Å²) in [6.07, 6.45) is 0.961. The predicted octanol–water partition coefficient (Wildman–Crippen LogP) is 17.4. The Morgan fingerprint density at radius 1 is 0.418 bits per heavy atom. The van der Waals surface area contributed by atoms with E-state index in [1.165, 1.54) is 116 Å². The van der Waals surface area contributed by atoms with Crippen molar-refractivity contribution in [1.29, 1.82) is 0 Å². The fourth-order valence-corrected chi connectivity index (χ4v) is 12.8. The predicted molar refractivity (Wildman–Crippen MR) is 279 cm³/mol. The van der Waals surface area contributed by atoms with E-state index in [1.807, 2.05) is 0 Å². The van der Waals surface area contributed by atoms with Crippen LogP contribution in [0.1, 0.15) is 83.7 Å². The minimum atomic E-state index is -0.129. The zero-order valence-electron chi connectivity index (χ0n) is 38.2. The van der Waals surface area contributed by atoms with Crippen LogP contribution in [0.2, 0.25) is 0 Å². The molecule has 3 aliphatic carbocycles. The lowest BCUT2D eigenvalue weighted by Crippen LogP contribution is -2.15. The number of rotatable bonds is 5. The summed E-state index contributed by atoms with van der Waals surface area (Å²) in [5, 5.41) is 4.74. The molecule has 11 aromatic rings. The zero-order chi connectivity index (χ0) is 44.8. The molecule has 1 unspecified atom stereocenters. The van der Waals surface area contributed by atoms with Crippen molar-refractivity contribution in [1.82, 2.24) is 0 Å². The van der Waals surface area contributed by atoms with Crippen molar-refractivity contribution in [3.05, 3.63) is 250 Å². The second-order valence-electron chi connectivity index (χ2n) is 20.3. The molecule has 1 nitrogen and oxygen atoms in total. The van der Waals surface area contributed by atoms with Gasteiger partial charge in [-0.1, -0.05) is 210 Å². The summed E-state index contributed by atoms with van der Waals surface area (Å²) in [6, 6.07) is 75.4. The fraction of sp³-hybridized carbons (Fsp3) is 0.121. The molecular formula is C66H48O. The Kier molecular flexibility index (Phi) is 7.99. The number of fused-ring (bicyclic) bond motifs is 13. The molecule has 0 bridgehead atoms. The van der Waals surface area contributed by atoms with Crippen LogP contribution >= 0.6 is 0 Å². The first-order valence-corrected chi connectivity index (χ1v) is 23.9. The topological polar surface area (TPSA) is 13.1 Å². The molecule has 0 amide bonds. The van der Waals surface area contributed by atoms with Crippen molar-refractivity contribution in [2.75, 3.05) is 0 Å². The van der Waals surface area contributed by atoms with Crippen molar-refractivity contribution >= 4 is 32.7 Å². The average Bonchev–Trinajstić information content (AvgIpc) is 4.06. The maximum atomic E-state index is 7.24.